The Bertz CT molecular complexity index is 172. The van der Waals surface area contributed by atoms with Crippen molar-refractivity contribution in [1.82, 2.24) is 8.75 Å². The van der Waals surface area contributed by atoms with Gasteiger partial charge in [-0.3, -0.25) is 0 Å². The number of nitrogens with one attached hydrogen (secondary N) is 1. The van der Waals surface area contributed by atoms with Crippen LogP contribution in [0.1, 0.15) is 0 Å². The summed E-state index contributed by atoms with van der Waals surface area (Å²) in [5, 5.41) is 2.79. The van der Waals surface area contributed by atoms with Crippen molar-refractivity contribution < 1.29 is 0 Å². The van der Waals surface area contributed by atoms with Crippen LogP contribution in [-0.4, -0.2) is 15.8 Å². The molecule has 44 valence electrons. The van der Waals surface area contributed by atoms with E-state index in [-0.39, 0.29) is 0 Å². The number of nitrogens with two attached hydrogens (primary N) is 1. The summed E-state index contributed by atoms with van der Waals surface area (Å²) in [6, 6.07) is 0. The lowest BCUT2D eigenvalue weighted by Gasteiger charge is -1.88. The van der Waals surface area contributed by atoms with Gasteiger partial charge in [-0.1, -0.05) is 0 Å². The van der Waals surface area contributed by atoms with E-state index in [0.29, 0.717) is 11.6 Å². The normalized spacial score (nSPS) is 9.12. The van der Waals surface area contributed by atoms with Gasteiger partial charge < -0.3 is 11.1 Å². The SMILES string of the molecule is CNc1nsnc1N. The molecule has 0 aromatic carbocycles. The van der Waals surface area contributed by atoms with Crippen LogP contribution >= 0.6 is 11.7 Å². The summed E-state index contributed by atoms with van der Waals surface area (Å²) >= 11 is 1.10. The van der Waals surface area contributed by atoms with Crippen molar-refractivity contribution in [2.75, 3.05) is 18.1 Å². The van der Waals surface area contributed by atoms with E-state index in [9.17, 15) is 0 Å². The predicted octanol–water partition coefficient (Wildman–Crippen LogP) is 0.162. The molecule has 0 spiro atoms. The third kappa shape index (κ3) is 0.717. The van der Waals surface area contributed by atoms with Gasteiger partial charge in [0.2, 0.25) is 0 Å². The molecule has 3 N–H and O–H groups in total. The fourth-order valence-electron chi connectivity index (χ4n) is 0.369. The van der Waals surface area contributed by atoms with E-state index < -0.39 is 0 Å². The fourth-order valence-corrected chi connectivity index (χ4v) is 0.851. The number of hydrogen-bond donors (Lipinski definition) is 2. The summed E-state index contributed by atoms with van der Waals surface area (Å²) in [5.74, 6) is 1.13. The second kappa shape index (κ2) is 1.95. The van der Waals surface area contributed by atoms with Crippen LogP contribution in [-0.2, 0) is 0 Å². The minimum absolute atomic E-state index is 0.470. The number of rotatable bonds is 1. The van der Waals surface area contributed by atoms with Crippen LogP contribution in [0.4, 0.5) is 11.6 Å². The first kappa shape index (κ1) is 5.30. The van der Waals surface area contributed by atoms with Crippen molar-refractivity contribution in [3.8, 4) is 0 Å². The fraction of sp³-hybridized carbons (Fsp3) is 0.333. The summed E-state index contributed by atoms with van der Waals surface area (Å²) < 4.78 is 7.56. The largest absolute Gasteiger partial charge is 0.380 e. The van der Waals surface area contributed by atoms with Crippen molar-refractivity contribution in [2.45, 2.75) is 0 Å². The Morgan fingerprint density at radius 1 is 1.62 bits per heavy atom. The van der Waals surface area contributed by atoms with Crippen molar-refractivity contribution in [3.05, 3.63) is 0 Å². The highest BCUT2D eigenvalue weighted by Crippen LogP contribution is 2.11. The molecule has 0 amide bonds. The molecule has 0 atom stereocenters. The molecule has 8 heavy (non-hydrogen) atoms. The molecule has 1 aromatic rings. The number of nitrogens with zero attached hydrogens (tertiary/aromatic N) is 2. The monoisotopic (exact) mass is 130 g/mol. The van der Waals surface area contributed by atoms with E-state index in [2.05, 4.69) is 14.1 Å². The average molecular weight is 130 g/mol. The van der Waals surface area contributed by atoms with E-state index in [1.807, 2.05) is 0 Å². The Labute approximate surface area is 51.0 Å². The molecule has 1 heterocycles. The molecule has 0 aliphatic heterocycles. The van der Waals surface area contributed by atoms with Crippen LogP contribution < -0.4 is 11.1 Å². The van der Waals surface area contributed by atoms with Gasteiger partial charge in [-0.15, -0.1) is 0 Å². The van der Waals surface area contributed by atoms with Crippen LogP contribution in [0.25, 0.3) is 0 Å². The zero-order valence-corrected chi connectivity index (χ0v) is 5.20. The van der Waals surface area contributed by atoms with Gasteiger partial charge in [-0.2, -0.15) is 8.75 Å². The van der Waals surface area contributed by atoms with Crippen LogP contribution in [0.15, 0.2) is 0 Å². The molecule has 0 radical (unpaired) electrons. The second-order valence-electron chi connectivity index (χ2n) is 1.25. The van der Waals surface area contributed by atoms with Crippen molar-refractivity contribution >= 4 is 23.4 Å². The lowest BCUT2D eigenvalue weighted by atomic mass is 10.7. The number of anilines is 2. The molecule has 0 saturated carbocycles. The van der Waals surface area contributed by atoms with Gasteiger partial charge in [0.25, 0.3) is 0 Å². The standard InChI is InChI=1S/C3H6N4S/c1-5-3-2(4)6-8-7-3/h1H3,(H2,4,6)(H,5,7). The number of nitrogen functional groups attached to an aromatic ring is 1. The maximum atomic E-state index is 5.33. The Morgan fingerprint density at radius 2 is 2.38 bits per heavy atom. The highest BCUT2D eigenvalue weighted by Gasteiger charge is 1.97. The van der Waals surface area contributed by atoms with Crippen molar-refractivity contribution in [1.29, 1.82) is 0 Å². The van der Waals surface area contributed by atoms with Gasteiger partial charge in [0.05, 0.1) is 11.7 Å². The third-order valence-electron chi connectivity index (χ3n) is 0.751. The Hall–Kier alpha value is -0.840. The molecule has 5 heteroatoms. The molecule has 0 fully saturated rings. The van der Waals surface area contributed by atoms with Crippen molar-refractivity contribution in [3.63, 3.8) is 0 Å². The van der Waals surface area contributed by atoms with E-state index in [1.54, 1.807) is 7.05 Å². The molecule has 0 bridgehead atoms. The van der Waals surface area contributed by atoms with Gasteiger partial charge >= 0.3 is 0 Å². The summed E-state index contributed by atoms with van der Waals surface area (Å²) in [4.78, 5) is 0. The highest BCUT2D eigenvalue weighted by molar-refractivity contribution is 6.99. The Kier molecular flexibility index (Phi) is 1.29. The second-order valence-corrected chi connectivity index (χ2v) is 1.78. The summed E-state index contributed by atoms with van der Waals surface area (Å²) in [5.41, 5.74) is 5.33. The van der Waals surface area contributed by atoms with E-state index in [4.69, 9.17) is 5.73 Å². The van der Waals surface area contributed by atoms with Crippen LogP contribution in [0, 0.1) is 0 Å². The zero-order chi connectivity index (χ0) is 5.98. The van der Waals surface area contributed by atoms with Crippen LogP contribution in [0.2, 0.25) is 0 Å². The minimum Gasteiger partial charge on any atom is -0.380 e. The molecule has 1 aromatic heterocycles. The molecule has 0 unspecified atom stereocenters. The van der Waals surface area contributed by atoms with Gasteiger partial charge in [-0.25, -0.2) is 0 Å². The number of hydrogen-bond acceptors (Lipinski definition) is 5. The molecule has 0 aliphatic rings. The van der Waals surface area contributed by atoms with Gasteiger partial charge in [0, 0.05) is 7.05 Å². The molecule has 0 aliphatic carbocycles. The van der Waals surface area contributed by atoms with Gasteiger partial charge in [0.1, 0.15) is 0 Å². The highest BCUT2D eigenvalue weighted by atomic mass is 32.1. The zero-order valence-electron chi connectivity index (χ0n) is 4.38. The number of aromatic nitrogens is 2. The molecular formula is C3H6N4S. The van der Waals surface area contributed by atoms with E-state index in [0.717, 1.165) is 11.7 Å². The first-order valence-corrected chi connectivity index (χ1v) is 2.83. The minimum atomic E-state index is 0.470. The van der Waals surface area contributed by atoms with E-state index >= 15 is 0 Å². The van der Waals surface area contributed by atoms with E-state index in [1.165, 1.54) is 0 Å². The predicted molar refractivity (Wildman–Crippen MR) is 33.9 cm³/mol. The average Bonchev–Trinajstić information content (AvgIpc) is 2.14. The van der Waals surface area contributed by atoms with Gasteiger partial charge in [-0.05, 0) is 0 Å². The molecular weight excluding hydrogens is 124 g/mol. The molecule has 1 rings (SSSR count). The Morgan fingerprint density at radius 3 is 2.62 bits per heavy atom. The maximum Gasteiger partial charge on any atom is 0.183 e. The summed E-state index contributed by atoms with van der Waals surface area (Å²) in [6.45, 7) is 0. The summed E-state index contributed by atoms with van der Waals surface area (Å²) in [6.07, 6.45) is 0. The molecule has 4 nitrogen and oxygen atoms in total. The summed E-state index contributed by atoms with van der Waals surface area (Å²) in [7, 11) is 1.76. The molecule has 0 saturated heterocycles. The topological polar surface area (TPSA) is 63.8 Å². The van der Waals surface area contributed by atoms with Gasteiger partial charge in [0.15, 0.2) is 11.6 Å². The first-order valence-electron chi connectivity index (χ1n) is 2.10. The van der Waals surface area contributed by atoms with Crippen LogP contribution in [0.3, 0.4) is 0 Å². The smallest absolute Gasteiger partial charge is 0.183 e. The first-order chi connectivity index (χ1) is 3.84. The third-order valence-corrected chi connectivity index (χ3v) is 1.29. The van der Waals surface area contributed by atoms with Crippen molar-refractivity contribution in [2.24, 2.45) is 0 Å². The quantitative estimate of drug-likeness (QED) is 0.568. The van der Waals surface area contributed by atoms with Crippen LogP contribution in [0.5, 0.6) is 0 Å². The Balaban J connectivity index is 2.92. The maximum absolute atomic E-state index is 5.33. The lowest BCUT2D eigenvalue weighted by molar-refractivity contribution is 1.41. The lowest BCUT2D eigenvalue weighted by Crippen LogP contribution is -1.93.